The molecule has 5 nitrogen and oxygen atoms in total. The SMILES string of the molecule is COc1cccc(C(=O)C[C@]2(O)C(=O)N(C(C)C)c3ccccc32)c1. The minimum atomic E-state index is -1.85. The lowest BCUT2D eigenvalue weighted by molar-refractivity contribution is -0.136. The molecule has 1 N–H and O–H groups in total. The van der Waals surface area contributed by atoms with E-state index in [2.05, 4.69) is 0 Å². The number of aliphatic hydroxyl groups is 1. The third-order valence-corrected chi connectivity index (χ3v) is 4.51. The van der Waals surface area contributed by atoms with Crippen LogP contribution in [0, 0.1) is 0 Å². The standard InChI is InChI=1S/C20H21NO4/c1-13(2)21-17-10-5-4-9-16(17)20(24,19(21)23)12-18(22)14-7-6-8-15(11-14)25-3/h4-11,13,24H,12H2,1-3H3/t20-/m1/s1. The van der Waals surface area contributed by atoms with Crippen LogP contribution in [0.15, 0.2) is 48.5 Å². The lowest BCUT2D eigenvalue weighted by Gasteiger charge is -2.25. The zero-order valence-electron chi connectivity index (χ0n) is 14.5. The number of para-hydroxylation sites is 1. The van der Waals surface area contributed by atoms with Crippen molar-refractivity contribution in [2.24, 2.45) is 0 Å². The molecule has 2 aromatic carbocycles. The number of ketones is 1. The first-order valence-corrected chi connectivity index (χ1v) is 8.21. The van der Waals surface area contributed by atoms with Gasteiger partial charge in [0.2, 0.25) is 0 Å². The predicted octanol–water partition coefficient (Wildman–Crippen LogP) is 2.91. The zero-order chi connectivity index (χ0) is 18.2. The van der Waals surface area contributed by atoms with Crippen LogP contribution in [0.1, 0.15) is 36.2 Å². The number of carbonyl (C=O) groups is 2. The molecule has 0 radical (unpaired) electrons. The summed E-state index contributed by atoms with van der Waals surface area (Å²) in [4.78, 5) is 27.2. The minimum Gasteiger partial charge on any atom is -0.497 e. The van der Waals surface area contributed by atoms with Crippen molar-refractivity contribution in [2.45, 2.75) is 31.9 Å². The van der Waals surface area contributed by atoms with E-state index in [0.717, 1.165) is 0 Å². The molecule has 1 amide bonds. The highest BCUT2D eigenvalue weighted by Gasteiger charge is 2.51. The number of hydrogen-bond acceptors (Lipinski definition) is 4. The van der Waals surface area contributed by atoms with E-state index in [9.17, 15) is 14.7 Å². The van der Waals surface area contributed by atoms with Crippen molar-refractivity contribution >= 4 is 17.4 Å². The van der Waals surface area contributed by atoms with Gasteiger partial charge >= 0.3 is 0 Å². The monoisotopic (exact) mass is 339 g/mol. The highest BCUT2D eigenvalue weighted by molar-refractivity contribution is 6.11. The Kier molecular flexibility index (Phi) is 4.35. The fourth-order valence-corrected chi connectivity index (χ4v) is 3.27. The van der Waals surface area contributed by atoms with Gasteiger partial charge in [0.05, 0.1) is 19.2 Å². The molecule has 1 aliphatic rings. The molecule has 25 heavy (non-hydrogen) atoms. The van der Waals surface area contributed by atoms with Gasteiger partial charge in [0.1, 0.15) is 5.75 Å². The van der Waals surface area contributed by atoms with Crippen molar-refractivity contribution in [1.29, 1.82) is 0 Å². The summed E-state index contributed by atoms with van der Waals surface area (Å²) in [5.74, 6) is -0.213. The number of ether oxygens (including phenoxy) is 1. The Morgan fingerprint density at radius 3 is 2.60 bits per heavy atom. The van der Waals surface area contributed by atoms with E-state index in [-0.39, 0.29) is 18.2 Å². The van der Waals surface area contributed by atoms with Gasteiger partial charge in [-0.15, -0.1) is 0 Å². The predicted molar refractivity (Wildman–Crippen MR) is 94.9 cm³/mol. The molecule has 0 bridgehead atoms. The van der Waals surface area contributed by atoms with Gasteiger partial charge in [0.25, 0.3) is 5.91 Å². The molecule has 0 saturated heterocycles. The third-order valence-electron chi connectivity index (χ3n) is 4.51. The summed E-state index contributed by atoms with van der Waals surface area (Å²) in [7, 11) is 1.52. The molecular weight excluding hydrogens is 318 g/mol. The number of Topliss-reactive ketones (excluding diaryl/α,β-unsaturated/α-hetero) is 1. The summed E-state index contributed by atoms with van der Waals surface area (Å²) in [6, 6.07) is 13.7. The van der Waals surface area contributed by atoms with Gasteiger partial charge in [-0.05, 0) is 32.0 Å². The molecule has 130 valence electrons. The van der Waals surface area contributed by atoms with Crippen molar-refractivity contribution in [3.63, 3.8) is 0 Å². The molecular formula is C20H21NO4. The van der Waals surface area contributed by atoms with Gasteiger partial charge < -0.3 is 14.7 Å². The lowest BCUT2D eigenvalue weighted by Crippen LogP contribution is -2.44. The summed E-state index contributed by atoms with van der Waals surface area (Å²) in [6.45, 7) is 3.76. The second-order valence-electron chi connectivity index (χ2n) is 6.48. The number of nitrogens with zero attached hydrogens (tertiary/aromatic N) is 1. The average Bonchev–Trinajstić information content (AvgIpc) is 2.83. The van der Waals surface area contributed by atoms with Gasteiger partial charge in [0.15, 0.2) is 11.4 Å². The number of rotatable bonds is 5. The maximum atomic E-state index is 12.9. The Balaban J connectivity index is 1.98. The van der Waals surface area contributed by atoms with Crippen LogP contribution in [0.25, 0.3) is 0 Å². The maximum absolute atomic E-state index is 12.9. The molecule has 0 unspecified atom stereocenters. The van der Waals surface area contributed by atoms with Crippen molar-refractivity contribution < 1.29 is 19.4 Å². The fourth-order valence-electron chi connectivity index (χ4n) is 3.27. The van der Waals surface area contributed by atoms with Crippen molar-refractivity contribution in [3.05, 3.63) is 59.7 Å². The first-order valence-electron chi connectivity index (χ1n) is 8.21. The molecule has 5 heteroatoms. The average molecular weight is 339 g/mol. The molecule has 0 spiro atoms. The summed E-state index contributed by atoms with van der Waals surface area (Å²) < 4.78 is 5.14. The summed E-state index contributed by atoms with van der Waals surface area (Å²) >= 11 is 0. The Hall–Kier alpha value is -2.66. The molecule has 0 fully saturated rings. The van der Waals surface area contributed by atoms with Crippen LogP contribution < -0.4 is 9.64 Å². The van der Waals surface area contributed by atoms with Crippen LogP contribution in [-0.4, -0.2) is 29.9 Å². The summed E-state index contributed by atoms with van der Waals surface area (Å²) in [6.07, 6.45) is -0.306. The number of benzene rings is 2. The van der Waals surface area contributed by atoms with Crippen molar-refractivity contribution in [3.8, 4) is 5.75 Å². The van der Waals surface area contributed by atoms with E-state index in [0.29, 0.717) is 22.6 Å². The number of anilines is 1. The second-order valence-corrected chi connectivity index (χ2v) is 6.48. The first kappa shape index (κ1) is 17.2. The van der Waals surface area contributed by atoms with Gasteiger partial charge in [-0.3, -0.25) is 9.59 Å². The van der Waals surface area contributed by atoms with Crippen LogP contribution in [0.4, 0.5) is 5.69 Å². The Morgan fingerprint density at radius 2 is 1.92 bits per heavy atom. The van der Waals surface area contributed by atoms with Crippen LogP contribution in [0.5, 0.6) is 5.75 Å². The summed E-state index contributed by atoms with van der Waals surface area (Å²) in [5, 5.41) is 11.1. The van der Waals surface area contributed by atoms with E-state index in [1.807, 2.05) is 19.9 Å². The van der Waals surface area contributed by atoms with Gasteiger partial charge in [-0.1, -0.05) is 30.3 Å². The van der Waals surface area contributed by atoms with E-state index in [4.69, 9.17) is 4.74 Å². The van der Waals surface area contributed by atoms with Crippen LogP contribution in [-0.2, 0) is 10.4 Å². The number of hydrogen-bond donors (Lipinski definition) is 1. The minimum absolute atomic E-state index is 0.116. The molecule has 0 saturated carbocycles. The second kappa shape index (κ2) is 6.33. The molecule has 1 atom stereocenters. The number of amides is 1. The van der Waals surface area contributed by atoms with E-state index < -0.39 is 11.5 Å². The van der Waals surface area contributed by atoms with Crippen LogP contribution in [0.3, 0.4) is 0 Å². The molecule has 2 aromatic rings. The Bertz CT molecular complexity index is 830. The Labute approximate surface area is 146 Å². The van der Waals surface area contributed by atoms with Gasteiger partial charge in [-0.25, -0.2) is 0 Å². The fraction of sp³-hybridized carbons (Fsp3) is 0.300. The maximum Gasteiger partial charge on any atom is 0.264 e. The first-order chi connectivity index (χ1) is 11.9. The molecule has 1 aliphatic heterocycles. The summed E-state index contributed by atoms with van der Waals surface area (Å²) in [5.41, 5.74) is -0.310. The zero-order valence-corrected chi connectivity index (χ0v) is 14.5. The van der Waals surface area contributed by atoms with Gasteiger partial charge in [0, 0.05) is 17.2 Å². The van der Waals surface area contributed by atoms with E-state index in [1.165, 1.54) is 7.11 Å². The molecule has 0 aromatic heterocycles. The number of carbonyl (C=O) groups excluding carboxylic acids is 2. The van der Waals surface area contributed by atoms with Crippen LogP contribution >= 0.6 is 0 Å². The smallest absolute Gasteiger partial charge is 0.264 e. The number of methoxy groups -OCH3 is 1. The quantitative estimate of drug-likeness (QED) is 0.851. The molecule has 0 aliphatic carbocycles. The topological polar surface area (TPSA) is 66.8 Å². The highest BCUT2D eigenvalue weighted by atomic mass is 16.5. The van der Waals surface area contributed by atoms with Gasteiger partial charge in [-0.2, -0.15) is 0 Å². The number of fused-ring (bicyclic) bond motifs is 1. The van der Waals surface area contributed by atoms with Crippen molar-refractivity contribution in [1.82, 2.24) is 0 Å². The molecule has 1 heterocycles. The van der Waals surface area contributed by atoms with Crippen LogP contribution in [0.2, 0.25) is 0 Å². The lowest BCUT2D eigenvalue weighted by atomic mass is 9.88. The molecule has 3 rings (SSSR count). The van der Waals surface area contributed by atoms with Crippen molar-refractivity contribution in [2.75, 3.05) is 12.0 Å². The normalized spacial score (nSPS) is 19.2. The van der Waals surface area contributed by atoms with E-state index in [1.54, 1.807) is 47.4 Å². The largest absolute Gasteiger partial charge is 0.497 e. The third kappa shape index (κ3) is 2.81. The Morgan fingerprint density at radius 1 is 1.20 bits per heavy atom. The van der Waals surface area contributed by atoms with E-state index >= 15 is 0 Å². The highest BCUT2D eigenvalue weighted by Crippen LogP contribution is 2.43.